The summed E-state index contributed by atoms with van der Waals surface area (Å²) in [5.74, 6) is 8.02. The summed E-state index contributed by atoms with van der Waals surface area (Å²) >= 11 is 0. The van der Waals surface area contributed by atoms with Crippen LogP contribution in [0.4, 0.5) is 0 Å². The highest BCUT2D eigenvalue weighted by Gasteiger charge is 2.26. The minimum absolute atomic E-state index is 0.0883. The van der Waals surface area contributed by atoms with Crippen LogP contribution in [0.15, 0.2) is 0 Å². The predicted octanol–water partition coefficient (Wildman–Crippen LogP) is 5.88. The summed E-state index contributed by atoms with van der Waals surface area (Å²) in [6.07, 6.45) is 3.31. The molecule has 2 N–H and O–H groups in total. The van der Waals surface area contributed by atoms with Gasteiger partial charge >= 0.3 is 0 Å². The first-order chi connectivity index (χ1) is 9.64. The third kappa shape index (κ3) is 10.3. The molecule has 0 saturated carbocycles. The van der Waals surface area contributed by atoms with Crippen molar-refractivity contribution in [2.45, 2.75) is 94.5 Å². The Morgan fingerprint density at radius 3 is 1.77 bits per heavy atom. The molecule has 0 bridgehead atoms. The average molecular weight is 308 g/mol. The van der Waals surface area contributed by atoms with E-state index in [2.05, 4.69) is 81.1 Å². The standard InChI is InChI=1S/C21H41N/c1-16(2)18(22)14-21(9,10)13-17(3)11-12-20(7,8)15-19(4,5)6/h16-18H,13-15,22H2,1-10H3. The van der Waals surface area contributed by atoms with Crippen molar-refractivity contribution in [2.75, 3.05) is 0 Å². The van der Waals surface area contributed by atoms with Gasteiger partial charge < -0.3 is 5.73 Å². The van der Waals surface area contributed by atoms with Gasteiger partial charge in [0.2, 0.25) is 0 Å². The van der Waals surface area contributed by atoms with E-state index in [1.54, 1.807) is 0 Å². The van der Waals surface area contributed by atoms with Gasteiger partial charge in [0.05, 0.1) is 0 Å². The lowest BCUT2D eigenvalue weighted by atomic mass is 9.75. The molecule has 1 nitrogen and oxygen atoms in total. The molecule has 0 aromatic heterocycles. The van der Waals surface area contributed by atoms with Gasteiger partial charge in [0.15, 0.2) is 0 Å². The molecule has 2 atom stereocenters. The zero-order valence-electron chi connectivity index (χ0n) is 16.9. The molecule has 0 radical (unpaired) electrons. The van der Waals surface area contributed by atoms with E-state index in [0.29, 0.717) is 17.3 Å². The van der Waals surface area contributed by atoms with Crippen LogP contribution < -0.4 is 5.73 Å². The van der Waals surface area contributed by atoms with Crippen LogP contribution in [0, 0.1) is 39.9 Å². The fraction of sp³-hybridized carbons (Fsp3) is 0.905. The van der Waals surface area contributed by atoms with Crippen molar-refractivity contribution >= 4 is 0 Å². The number of hydrogen-bond acceptors (Lipinski definition) is 1. The first kappa shape index (κ1) is 21.5. The molecular weight excluding hydrogens is 266 g/mol. The van der Waals surface area contributed by atoms with Crippen LogP contribution in [-0.4, -0.2) is 6.04 Å². The van der Waals surface area contributed by atoms with E-state index in [1.807, 2.05) is 0 Å². The molecule has 0 aliphatic rings. The van der Waals surface area contributed by atoms with Crippen molar-refractivity contribution in [3.63, 3.8) is 0 Å². The maximum Gasteiger partial charge on any atom is 0.0263 e. The molecule has 0 rings (SSSR count). The van der Waals surface area contributed by atoms with E-state index in [-0.39, 0.29) is 16.9 Å². The molecular formula is C21H41N. The molecule has 0 fully saturated rings. The van der Waals surface area contributed by atoms with E-state index in [0.717, 1.165) is 19.3 Å². The highest BCUT2D eigenvalue weighted by Crippen LogP contribution is 2.34. The zero-order chi connectivity index (χ0) is 17.8. The molecule has 0 aliphatic carbocycles. The average Bonchev–Trinajstić information content (AvgIpc) is 2.21. The second kappa shape index (κ2) is 7.87. The van der Waals surface area contributed by atoms with Crippen molar-refractivity contribution in [3.05, 3.63) is 0 Å². The topological polar surface area (TPSA) is 26.0 Å². The minimum Gasteiger partial charge on any atom is -0.327 e. The van der Waals surface area contributed by atoms with Crippen LogP contribution in [0.2, 0.25) is 0 Å². The molecule has 0 spiro atoms. The van der Waals surface area contributed by atoms with E-state index in [1.165, 1.54) is 0 Å². The van der Waals surface area contributed by atoms with Gasteiger partial charge in [-0.15, -0.1) is 0 Å². The quantitative estimate of drug-likeness (QED) is 0.609. The number of hydrogen-bond donors (Lipinski definition) is 1. The lowest BCUT2D eigenvalue weighted by molar-refractivity contribution is 0.237. The first-order valence-electron chi connectivity index (χ1n) is 8.92. The Balaban J connectivity index is 4.69. The van der Waals surface area contributed by atoms with E-state index in [9.17, 15) is 0 Å². The summed E-state index contributed by atoms with van der Waals surface area (Å²) in [5, 5.41) is 0. The van der Waals surface area contributed by atoms with Gasteiger partial charge in [-0.25, -0.2) is 0 Å². The Morgan fingerprint density at radius 2 is 1.36 bits per heavy atom. The number of nitrogens with two attached hydrogens (primary N) is 1. The zero-order valence-corrected chi connectivity index (χ0v) is 16.9. The van der Waals surface area contributed by atoms with Gasteiger partial charge in [0.25, 0.3) is 0 Å². The third-order valence-electron chi connectivity index (χ3n) is 4.13. The van der Waals surface area contributed by atoms with Crippen LogP contribution in [0.1, 0.15) is 88.5 Å². The normalized spacial score (nSPS) is 16.2. The molecule has 0 heterocycles. The summed E-state index contributed by atoms with van der Waals surface area (Å²) in [4.78, 5) is 0. The van der Waals surface area contributed by atoms with Gasteiger partial charge in [-0.3, -0.25) is 0 Å². The minimum atomic E-state index is 0.0883. The van der Waals surface area contributed by atoms with Crippen molar-refractivity contribution in [3.8, 4) is 11.8 Å². The smallest absolute Gasteiger partial charge is 0.0263 e. The maximum atomic E-state index is 6.25. The summed E-state index contributed by atoms with van der Waals surface area (Å²) in [6.45, 7) is 22.7. The lowest BCUT2D eigenvalue weighted by Crippen LogP contribution is -2.33. The van der Waals surface area contributed by atoms with Gasteiger partial charge in [0.1, 0.15) is 0 Å². The highest BCUT2D eigenvalue weighted by atomic mass is 14.6. The van der Waals surface area contributed by atoms with E-state index in [4.69, 9.17) is 5.73 Å². The Morgan fingerprint density at radius 1 is 0.864 bits per heavy atom. The van der Waals surface area contributed by atoms with E-state index >= 15 is 0 Å². The van der Waals surface area contributed by atoms with Gasteiger partial charge in [0, 0.05) is 17.4 Å². The van der Waals surface area contributed by atoms with Crippen molar-refractivity contribution in [1.82, 2.24) is 0 Å². The molecule has 1 heteroatoms. The molecule has 0 saturated heterocycles. The Bertz CT molecular complexity index is 384. The molecule has 0 aromatic carbocycles. The Labute approximate surface area is 140 Å². The maximum absolute atomic E-state index is 6.25. The Hall–Kier alpha value is -0.480. The third-order valence-corrected chi connectivity index (χ3v) is 4.13. The van der Waals surface area contributed by atoms with Crippen LogP contribution >= 0.6 is 0 Å². The summed E-state index contributed by atoms with van der Waals surface area (Å²) in [6, 6.07) is 0.285. The van der Waals surface area contributed by atoms with Crippen LogP contribution in [0.3, 0.4) is 0 Å². The van der Waals surface area contributed by atoms with Crippen molar-refractivity contribution < 1.29 is 0 Å². The van der Waals surface area contributed by atoms with Crippen LogP contribution in [-0.2, 0) is 0 Å². The van der Waals surface area contributed by atoms with Crippen molar-refractivity contribution in [1.29, 1.82) is 0 Å². The second-order valence-corrected chi connectivity index (χ2v) is 10.3. The van der Waals surface area contributed by atoms with Gasteiger partial charge in [-0.2, -0.15) is 0 Å². The second-order valence-electron chi connectivity index (χ2n) is 10.3. The molecule has 0 aliphatic heterocycles. The molecule has 2 unspecified atom stereocenters. The molecule has 130 valence electrons. The molecule has 0 amide bonds. The highest BCUT2D eigenvalue weighted by molar-refractivity contribution is 5.12. The van der Waals surface area contributed by atoms with Crippen LogP contribution in [0.5, 0.6) is 0 Å². The fourth-order valence-corrected chi connectivity index (χ4v) is 3.53. The fourth-order valence-electron chi connectivity index (χ4n) is 3.53. The van der Waals surface area contributed by atoms with Crippen molar-refractivity contribution in [2.24, 2.45) is 33.8 Å². The SMILES string of the molecule is CC(C#CC(C)(C)CC(C)(C)C)CC(C)(C)CC(N)C(C)C. The first-order valence-corrected chi connectivity index (χ1v) is 8.92. The van der Waals surface area contributed by atoms with Gasteiger partial charge in [-0.05, 0) is 49.9 Å². The number of rotatable bonds is 6. The van der Waals surface area contributed by atoms with Gasteiger partial charge in [-0.1, -0.05) is 67.2 Å². The molecule has 0 aromatic rings. The summed E-state index contributed by atoms with van der Waals surface area (Å²) < 4.78 is 0. The molecule has 22 heavy (non-hydrogen) atoms. The predicted molar refractivity (Wildman–Crippen MR) is 101 cm³/mol. The lowest BCUT2D eigenvalue weighted by Gasteiger charge is -2.31. The largest absolute Gasteiger partial charge is 0.327 e. The summed E-state index contributed by atoms with van der Waals surface area (Å²) in [7, 11) is 0. The monoisotopic (exact) mass is 307 g/mol. The van der Waals surface area contributed by atoms with E-state index < -0.39 is 0 Å². The summed E-state index contributed by atoms with van der Waals surface area (Å²) in [5.41, 5.74) is 6.92. The van der Waals surface area contributed by atoms with Crippen LogP contribution in [0.25, 0.3) is 0 Å². The Kier molecular flexibility index (Phi) is 7.70.